The molecule has 1 heterocycles. The summed E-state index contributed by atoms with van der Waals surface area (Å²) >= 11 is 0. The second-order valence-electron chi connectivity index (χ2n) is 14.0. The summed E-state index contributed by atoms with van der Waals surface area (Å²) in [5.74, 6) is -6.26. The van der Waals surface area contributed by atoms with E-state index >= 15 is 0 Å². The van der Waals surface area contributed by atoms with Gasteiger partial charge in [-0.15, -0.1) is 0 Å². The second-order valence-corrected chi connectivity index (χ2v) is 16.3. The highest BCUT2D eigenvalue weighted by molar-refractivity contribution is 7.91. The zero-order valence-corrected chi connectivity index (χ0v) is 33.9. The molecule has 8 atom stereocenters. The van der Waals surface area contributed by atoms with Crippen LogP contribution in [0.15, 0.2) is 24.3 Å². The van der Waals surface area contributed by atoms with Gasteiger partial charge < -0.3 is 39.3 Å². The summed E-state index contributed by atoms with van der Waals surface area (Å²) in [7, 11) is 0.673. The number of carbonyl (C=O) groups is 6. The molecule has 0 aromatic heterocycles. The molecule has 2 rings (SSSR count). The molecule has 1 saturated heterocycles. The molecule has 16 nitrogen and oxygen atoms in total. The van der Waals surface area contributed by atoms with E-state index in [2.05, 4.69) is 5.32 Å². The number of hydrogen-bond acceptors (Lipinski definition) is 13. The average molecular weight is 783 g/mol. The molecule has 54 heavy (non-hydrogen) atoms. The molecule has 1 aromatic rings. The molecule has 1 aromatic carbocycles. The van der Waals surface area contributed by atoms with Crippen LogP contribution in [0.2, 0.25) is 0 Å². The molecule has 0 saturated carbocycles. The van der Waals surface area contributed by atoms with Crippen molar-refractivity contribution < 1.29 is 56.5 Å². The van der Waals surface area contributed by atoms with Crippen LogP contribution in [0.5, 0.6) is 0 Å². The zero-order chi connectivity index (χ0) is 41.1. The van der Waals surface area contributed by atoms with Crippen molar-refractivity contribution in [3.8, 4) is 0 Å². The van der Waals surface area contributed by atoms with Crippen molar-refractivity contribution in [2.45, 2.75) is 104 Å². The molecule has 1 aliphatic heterocycles. The highest BCUT2D eigenvalue weighted by Gasteiger charge is 2.42. The number of anilines is 1. The van der Waals surface area contributed by atoms with Gasteiger partial charge in [0.2, 0.25) is 0 Å². The van der Waals surface area contributed by atoms with Gasteiger partial charge in [-0.3, -0.25) is 14.4 Å². The lowest BCUT2D eigenvalue weighted by Crippen LogP contribution is -2.56. The Balaban J connectivity index is 2.61. The summed E-state index contributed by atoms with van der Waals surface area (Å²) in [6, 6.07) is 3.10. The van der Waals surface area contributed by atoms with Crippen LogP contribution in [-0.4, -0.2) is 146 Å². The molecule has 0 radical (unpaired) electrons. The molecular weight excluding hydrogens is 724 g/mol. The van der Waals surface area contributed by atoms with Crippen molar-refractivity contribution in [2.24, 2.45) is 11.8 Å². The number of ether oxygens (including phenoxy) is 3. The highest BCUT2D eigenvalue weighted by Crippen LogP contribution is 2.23. The molecule has 17 heteroatoms. The van der Waals surface area contributed by atoms with Crippen LogP contribution in [0.1, 0.15) is 66.9 Å². The Morgan fingerprint density at radius 2 is 1.17 bits per heavy atom. The van der Waals surface area contributed by atoms with Crippen LogP contribution >= 0.6 is 0 Å². The predicted octanol–water partition coefficient (Wildman–Crippen LogP) is 1.43. The van der Waals surface area contributed by atoms with Gasteiger partial charge in [0.05, 0.1) is 18.1 Å². The quantitative estimate of drug-likeness (QED) is 0.228. The first-order chi connectivity index (χ1) is 25.2. The Morgan fingerprint density at radius 3 is 1.67 bits per heavy atom. The smallest absolute Gasteiger partial charge is 0.329 e. The first kappa shape index (κ1) is 45.9. The summed E-state index contributed by atoms with van der Waals surface area (Å²) < 4.78 is 40.9. The maximum absolute atomic E-state index is 14.4. The number of likely N-dealkylation sites (N-methyl/N-ethyl adjacent to an activating group) is 3. The molecule has 1 fully saturated rings. The summed E-state index contributed by atoms with van der Waals surface area (Å²) in [4.78, 5) is 85.5. The fourth-order valence-electron chi connectivity index (χ4n) is 5.99. The van der Waals surface area contributed by atoms with E-state index in [-0.39, 0.29) is 24.5 Å². The Labute approximate surface area is 318 Å². The van der Waals surface area contributed by atoms with Crippen LogP contribution < -0.4 is 5.32 Å². The molecule has 2 unspecified atom stereocenters. The average Bonchev–Trinajstić information content (AvgIpc) is 3.12. The number of benzene rings is 1. The summed E-state index contributed by atoms with van der Waals surface area (Å²) in [6.45, 7) is 10.8. The molecule has 2 N–H and O–H groups in total. The topological polar surface area (TPSA) is 206 Å². The zero-order valence-electron chi connectivity index (χ0n) is 33.1. The van der Waals surface area contributed by atoms with Crippen molar-refractivity contribution in [3.63, 3.8) is 0 Å². The van der Waals surface area contributed by atoms with E-state index < -0.39 is 100 Å². The monoisotopic (exact) mass is 782 g/mol. The number of amides is 3. The molecule has 0 aliphatic carbocycles. The van der Waals surface area contributed by atoms with Gasteiger partial charge in [-0.05, 0) is 50.3 Å². The summed E-state index contributed by atoms with van der Waals surface area (Å²) in [6.07, 6.45) is -3.47. The third-order valence-electron chi connectivity index (χ3n) is 9.98. The van der Waals surface area contributed by atoms with E-state index in [1.165, 1.54) is 41.9 Å². The number of rotatable bonds is 12. The Hall–Kier alpha value is -4.25. The molecule has 304 valence electrons. The van der Waals surface area contributed by atoms with Crippen molar-refractivity contribution in [1.29, 1.82) is 0 Å². The standard InChI is InChI=1S/C37H58N4O12S/c1-11-22(3)30-36(47)52-25(6)32(43)39(8)24(5)35(46)51-26(7)33(44)40(9)31(23(4)12-2)37(48)53-29(34(45)41(30)10)21-27-13-15-28(16-14-27)38-17-19-54(49,50)20-18-42/h13-16,22-26,29-31,38,42H,11-12,17-21H2,1-10H3/t22?,23?,24-,25+,26+,29+,30-,31-/m0/s1. The van der Waals surface area contributed by atoms with Crippen molar-refractivity contribution in [3.05, 3.63) is 29.8 Å². The van der Waals surface area contributed by atoms with Gasteiger partial charge in [0.1, 0.15) is 18.1 Å². The van der Waals surface area contributed by atoms with Gasteiger partial charge in [0.25, 0.3) is 17.7 Å². The third-order valence-corrected chi connectivity index (χ3v) is 11.6. The second kappa shape index (κ2) is 20.4. The first-order valence-corrected chi connectivity index (χ1v) is 20.1. The van der Waals surface area contributed by atoms with Crippen LogP contribution in [0.3, 0.4) is 0 Å². The molecule has 1 aliphatic rings. The van der Waals surface area contributed by atoms with Gasteiger partial charge in [-0.2, -0.15) is 0 Å². The minimum atomic E-state index is -3.43. The van der Waals surface area contributed by atoms with Crippen LogP contribution in [-0.2, 0) is 59.2 Å². The normalized spacial score (nSPS) is 25.6. The lowest BCUT2D eigenvalue weighted by molar-refractivity contribution is -0.177. The number of nitrogens with zero attached hydrogens (tertiary/aromatic N) is 3. The van der Waals surface area contributed by atoms with Gasteiger partial charge >= 0.3 is 17.9 Å². The number of carbonyl (C=O) groups excluding carboxylic acids is 6. The molecule has 3 amide bonds. The van der Waals surface area contributed by atoms with Gasteiger partial charge in [-0.1, -0.05) is 52.7 Å². The van der Waals surface area contributed by atoms with Crippen molar-refractivity contribution in [1.82, 2.24) is 14.7 Å². The van der Waals surface area contributed by atoms with E-state index in [1.807, 2.05) is 13.8 Å². The van der Waals surface area contributed by atoms with E-state index in [0.717, 1.165) is 14.7 Å². The lowest BCUT2D eigenvalue weighted by Gasteiger charge is -2.36. The van der Waals surface area contributed by atoms with E-state index in [1.54, 1.807) is 38.1 Å². The summed E-state index contributed by atoms with van der Waals surface area (Å²) in [5, 5.41) is 12.0. The number of hydrogen-bond donors (Lipinski definition) is 2. The van der Waals surface area contributed by atoms with Crippen LogP contribution in [0, 0.1) is 11.8 Å². The maximum Gasteiger partial charge on any atom is 0.329 e. The van der Waals surface area contributed by atoms with Crippen molar-refractivity contribution in [2.75, 3.05) is 51.1 Å². The largest absolute Gasteiger partial charge is 0.451 e. The fourth-order valence-corrected chi connectivity index (χ4v) is 6.88. The lowest BCUT2D eigenvalue weighted by atomic mass is 9.96. The Morgan fingerprint density at radius 1 is 0.704 bits per heavy atom. The van der Waals surface area contributed by atoms with Gasteiger partial charge in [0, 0.05) is 39.8 Å². The number of esters is 3. The number of sulfone groups is 1. The van der Waals surface area contributed by atoms with E-state index in [0.29, 0.717) is 24.1 Å². The van der Waals surface area contributed by atoms with E-state index in [9.17, 15) is 37.2 Å². The van der Waals surface area contributed by atoms with E-state index in [4.69, 9.17) is 19.3 Å². The highest BCUT2D eigenvalue weighted by atomic mass is 32.2. The Bertz CT molecular complexity index is 1580. The SMILES string of the molecule is CCC(C)[C@H]1C(=O)O[C@H](Cc2ccc(NCCS(=O)(=O)CCO)cc2)C(=O)N(C)[C@@H](C(C)CC)C(=O)O[C@H](C)C(=O)N(C)[C@@H](C)C(=O)O[C@H](C)C(=O)N1C. The van der Waals surface area contributed by atoms with Crippen LogP contribution in [0.4, 0.5) is 5.69 Å². The van der Waals surface area contributed by atoms with Crippen LogP contribution in [0.25, 0.3) is 0 Å². The maximum atomic E-state index is 14.4. The minimum absolute atomic E-state index is 0.0961. The summed E-state index contributed by atoms with van der Waals surface area (Å²) in [5.41, 5.74) is 1.14. The number of cyclic esters (lactones) is 3. The molecule has 0 spiro atoms. The molecule has 0 bridgehead atoms. The number of nitrogens with one attached hydrogen (secondary N) is 1. The fraction of sp³-hybridized carbons (Fsp3) is 0.676. The third kappa shape index (κ3) is 12.1. The molecular formula is C37H58N4O12S. The van der Waals surface area contributed by atoms with Gasteiger partial charge in [-0.25, -0.2) is 22.8 Å². The van der Waals surface area contributed by atoms with Crippen molar-refractivity contribution >= 4 is 51.2 Å². The number of aliphatic hydroxyl groups excluding tert-OH is 1. The first-order valence-electron chi connectivity index (χ1n) is 18.3. The van der Waals surface area contributed by atoms with Gasteiger partial charge in [0.15, 0.2) is 28.1 Å². The Kier molecular flexibility index (Phi) is 17.4. The number of aliphatic hydroxyl groups is 1. The minimum Gasteiger partial charge on any atom is -0.451 e. The predicted molar refractivity (Wildman–Crippen MR) is 200 cm³/mol.